The van der Waals surface area contributed by atoms with Crippen molar-refractivity contribution in [3.05, 3.63) is 23.8 Å². The molecule has 1 fully saturated rings. The Kier molecular flexibility index (Phi) is 5.33. The third kappa shape index (κ3) is 4.04. The molecule has 114 valence electrons. The number of rotatable bonds is 6. The van der Waals surface area contributed by atoms with Gasteiger partial charge in [0.1, 0.15) is 0 Å². The van der Waals surface area contributed by atoms with E-state index < -0.39 is 0 Å². The average molecular weight is 289 g/mol. The second-order valence-corrected chi connectivity index (χ2v) is 5.38. The Bertz CT molecular complexity index is 528. The molecule has 1 aliphatic heterocycles. The lowest BCUT2D eigenvalue weighted by atomic mass is 10.1. The van der Waals surface area contributed by atoms with Crippen LogP contribution in [0.2, 0.25) is 0 Å². The van der Waals surface area contributed by atoms with Crippen molar-refractivity contribution in [2.24, 2.45) is 0 Å². The maximum absolute atomic E-state index is 11.8. The van der Waals surface area contributed by atoms with E-state index in [2.05, 4.69) is 17.6 Å². The monoisotopic (exact) mass is 289 g/mol. The lowest BCUT2D eigenvalue weighted by molar-refractivity contribution is -0.117. The Labute approximate surface area is 125 Å². The Hall–Kier alpha value is -1.88. The summed E-state index contributed by atoms with van der Waals surface area (Å²) >= 11 is 0. The smallest absolute Gasteiger partial charge is 0.238 e. The standard InChI is InChI=1S/C16H23N3O2/c1-3-8-17-11-15(20)18-13-6-7-14(12(2)10-13)19-9-4-5-16(19)21/h6-7,10,17H,3-5,8-9,11H2,1-2H3,(H,18,20). The lowest BCUT2D eigenvalue weighted by Gasteiger charge is -2.19. The molecule has 1 heterocycles. The molecule has 0 atom stereocenters. The normalized spacial score (nSPS) is 14.6. The predicted molar refractivity (Wildman–Crippen MR) is 84.6 cm³/mol. The molecular weight excluding hydrogens is 266 g/mol. The van der Waals surface area contributed by atoms with Gasteiger partial charge in [0.2, 0.25) is 11.8 Å². The molecule has 0 radical (unpaired) electrons. The van der Waals surface area contributed by atoms with Crippen LogP contribution in [0.5, 0.6) is 0 Å². The summed E-state index contributed by atoms with van der Waals surface area (Å²) in [6.45, 7) is 5.96. The van der Waals surface area contributed by atoms with Crippen molar-refractivity contribution in [1.29, 1.82) is 0 Å². The summed E-state index contributed by atoms with van der Waals surface area (Å²) in [4.78, 5) is 25.4. The molecule has 0 unspecified atom stereocenters. The van der Waals surface area contributed by atoms with Gasteiger partial charge in [0.25, 0.3) is 0 Å². The van der Waals surface area contributed by atoms with Crippen molar-refractivity contribution in [3.63, 3.8) is 0 Å². The fraction of sp³-hybridized carbons (Fsp3) is 0.500. The van der Waals surface area contributed by atoms with Gasteiger partial charge in [-0.05, 0) is 50.1 Å². The number of hydrogen-bond donors (Lipinski definition) is 2. The van der Waals surface area contributed by atoms with E-state index in [0.717, 1.165) is 42.9 Å². The van der Waals surface area contributed by atoms with E-state index in [1.165, 1.54) is 0 Å². The number of nitrogens with one attached hydrogen (secondary N) is 2. The van der Waals surface area contributed by atoms with Crippen LogP contribution >= 0.6 is 0 Å². The minimum absolute atomic E-state index is 0.0483. The molecule has 1 saturated heterocycles. The number of amides is 2. The molecule has 1 aliphatic rings. The second kappa shape index (κ2) is 7.22. The number of hydrogen-bond acceptors (Lipinski definition) is 3. The zero-order chi connectivity index (χ0) is 15.2. The highest BCUT2D eigenvalue weighted by atomic mass is 16.2. The highest BCUT2D eigenvalue weighted by Gasteiger charge is 2.22. The zero-order valence-corrected chi connectivity index (χ0v) is 12.7. The van der Waals surface area contributed by atoms with Crippen LogP contribution in [0, 0.1) is 6.92 Å². The number of carbonyl (C=O) groups is 2. The van der Waals surface area contributed by atoms with Crippen molar-refractivity contribution >= 4 is 23.2 Å². The van der Waals surface area contributed by atoms with Gasteiger partial charge in [-0.3, -0.25) is 9.59 Å². The maximum Gasteiger partial charge on any atom is 0.238 e. The van der Waals surface area contributed by atoms with E-state index in [1.807, 2.05) is 30.0 Å². The topological polar surface area (TPSA) is 61.4 Å². The lowest BCUT2D eigenvalue weighted by Crippen LogP contribution is -2.28. The molecule has 0 spiro atoms. The molecule has 0 aromatic heterocycles. The molecule has 21 heavy (non-hydrogen) atoms. The van der Waals surface area contributed by atoms with Crippen molar-refractivity contribution in [2.75, 3.05) is 29.9 Å². The van der Waals surface area contributed by atoms with Crippen LogP contribution in [0.15, 0.2) is 18.2 Å². The first kappa shape index (κ1) is 15.5. The molecule has 2 N–H and O–H groups in total. The molecule has 0 aliphatic carbocycles. The van der Waals surface area contributed by atoms with Crippen LogP contribution in [-0.4, -0.2) is 31.4 Å². The zero-order valence-electron chi connectivity index (χ0n) is 12.7. The average Bonchev–Trinajstić information content (AvgIpc) is 2.85. The summed E-state index contributed by atoms with van der Waals surface area (Å²) in [5.41, 5.74) is 2.72. The van der Waals surface area contributed by atoms with Gasteiger partial charge in [-0.15, -0.1) is 0 Å². The molecule has 1 aromatic rings. The van der Waals surface area contributed by atoms with Crippen LogP contribution in [0.3, 0.4) is 0 Å². The van der Waals surface area contributed by atoms with Crippen LogP contribution in [0.4, 0.5) is 11.4 Å². The van der Waals surface area contributed by atoms with Crippen LogP contribution < -0.4 is 15.5 Å². The highest BCUT2D eigenvalue weighted by Crippen LogP contribution is 2.27. The highest BCUT2D eigenvalue weighted by molar-refractivity contribution is 5.97. The van der Waals surface area contributed by atoms with Gasteiger partial charge in [-0.1, -0.05) is 6.92 Å². The largest absolute Gasteiger partial charge is 0.325 e. The van der Waals surface area contributed by atoms with E-state index in [4.69, 9.17) is 0 Å². The van der Waals surface area contributed by atoms with Gasteiger partial charge in [-0.25, -0.2) is 0 Å². The Morgan fingerprint density at radius 2 is 2.19 bits per heavy atom. The van der Waals surface area contributed by atoms with Crippen molar-refractivity contribution in [1.82, 2.24) is 5.32 Å². The summed E-state index contributed by atoms with van der Waals surface area (Å²) in [5, 5.41) is 5.93. The first-order chi connectivity index (χ1) is 10.1. The molecule has 0 bridgehead atoms. The second-order valence-electron chi connectivity index (χ2n) is 5.38. The maximum atomic E-state index is 11.8. The van der Waals surface area contributed by atoms with Gasteiger partial charge in [0.05, 0.1) is 6.54 Å². The molecule has 5 nitrogen and oxygen atoms in total. The van der Waals surface area contributed by atoms with Crippen LogP contribution in [0.1, 0.15) is 31.7 Å². The van der Waals surface area contributed by atoms with Gasteiger partial charge in [0, 0.05) is 24.3 Å². The van der Waals surface area contributed by atoms with Crippen molar-refractivity contribution in [2.45, 2.75) is 33.1 Å². The third-order valence-electron chi connectivity index (χ3n) is 3.56. The number of nitrogens with zero attached hydrogens (tertiary/aromatic N) is 1. The Balaban J connectivity index is 1.98. The predicted octanol–water partition coefficient (Wildman–Crippen LogP) is 2.06. The quantitative estimate of drug-likeness (QED) is 0.788. The minimum atomic E-state index is -0.0483. The SMILES string of the molecule is CCCNCC(=O)Nc1ccc(N2CCCC2=O)c(C)c1. The van der Waals surface area contributed by atoms with Gasteiger partial charge in [-0.2, -0.15) is 0 Å². The first-order valence-corrected chi connectivity index (χ1v) is 7.53. The van der Waals surface area contributed by atoms with Crippen molar-refractivity contribution in [3.8, 4) is 0 Å². The Morgan fingerprint density at radius 1 is 1.38 bits per heavy atom. The minimum Gasteiger partial charge on any atom is -0.325 e. The number of benzene rings is 1. The Morgan fingerprint density at radius 3 is 2.81 bits per heavy atom. The third-order valence-corrected chi connectivity index (χ3v) is 3.56. The van der Waals surface area contributed by atoms with E-state index in [9.17, 15) is 9.59 Å². The summed E-state index contributed by atoms with van der Waals surface area (Å²) in [5.74, 6) is 0.131. The van der Waals surface area contributed by atoms with E-state index >= 15 is 0 Å². The van der Waals surface area contributed by atoms with E-state index in [1.54, 1.807) is 0 Å². The number of aryl methyl sites for hydroxylation is 1. The van der Waals surface area contributed by atoms with Crippen LogP contribution in [0.25, 0.3) is 0 Å². The van der Waals surface area contributed by atoms with Crippen molar-refractivity contribution < 1.29 is 9.59 Å². The van der Waals surface area contributed by atoms with E-state index in [0.29, 0.717) is 13.0 Å². The van der Waals surface area contributed by atoms with E-state index in [-0.39, 0.29) is 11.8 Å². The summed E-state index contributed by atoms with van der Waals surface area (Å²) < 4.78 is 0. The molecule has 1 aromatic carbocycles. The molecule has 2 rings (SSSR count). The van der Waals surface area contributed by atoms with Gasteiger partial charge < -0.3 is 15.5 Å². The molecular formula is C16H23N3O2. The summed E-state index contributed by atoms with van der Waals surface area (Å²) in [6, 6.07) is 5.68. The molecule has 5 heteroatoms. The molecule has 2 amide bonds. The number of anilines is 2. The number of carbonyl (C=O) groups excluding carboxylic acids is 2. The first-order valence-electron chi connectivity index (χ1n) is 7.53. The summed E-state index contributed by atoms with van der Waals surface area (Å²) in [7, 11) is 0. The van der Waals surface area contributed by atoms with Gasteiger partial charge >= 0.3 is 0 Å². The summed E-state index contributed by atoms with van der Waals surface area (Å²) in [6.07, 6.45) is 2.55. The van der Waals surface area contributed by atoms with Crippen LogP contribution in [-0.2, 0) is 9.59 Å². The molecule has 0 saturated carbocycles. The fourth-order valence-electron chi connectivity index (χ4n) is 2.52. The fourth-order valence-corrected chi connectivity index (χ4v) is 2.52. The van der Waals surface area contributed by atoms with Gasteiger partial charge in [0.15, 0.2) is 0 Å².